The van der Waals surface area contributed by atoms with E-state index in [2.05, 4.69) is 19.1 Å². The van der Waals surface area contributed by atoms with Crippen LogP contribution >= 0.6 is 0 Å². The molecule has 3 heteroatoms. The van der Waals surface area contributed by atoms with E-state index in [0.717, 1.165) is 34.2 Å². The predicted octanol–water partition coefficient (Wildman–Crippen LogP) is 5.84. The molecule has 35 heavy (non-hydrogen) atoms. The second-order valence-electron chi connectivity index (χ2n) is 9.44. The smallest absolute Gasteiger partial charge is 0.242 e. The number of Topliss-reactive ketones (excluding diaryl/α,β-unsaturated/α-hetero) is 1. The molecule has 4 aromatic rings. The summed E-state index contributed by atoms with van der Waals surface area (Å²) < 4.78 is 0. The lowest BCUT2D eigenvalue weighted by Crippen LogP contribution is -2.80. The van der Waals surface area contributed by atoms with Crippen LogP contribution < -0.4 is 0 Å². The molecule has 1 heterocycles. The third kappa shape index (κ3) is 2.61. The van der Waals surface area contributed by atoms with Crippen molar-refractivity contribution in [1.29, 1.82) is 0 Å². The summed E-state index contributed by atoms with van der Waals surface area (Å²) in [6, 6.07) is 37.9. The molecule has 1 spiro atoms. The number of β-lactam (4-membered cyclic amide) rings is 1. The van der Waals surface area contributed by atoms with Crippen LogP contribution in [0.1, 0.15) is 47.1 Å². The van der Waals surface area contributed by atoms with Gasteiger partial charge in [-0.25, -0.2) is 0 Å². The lowest BCUT2D eigenvalue weighted by Gasteiger charge is -2.63. The fraction of sp³-hybridized carbons (Fsp3) is 0.188. The van der Waals surface area contributed by atoms with Crippen molar-refractivity contribution in [3.63, 3.8) is 0 Å². The molecule has 0 radical (unpaired) electrons. The first-order valence-electron chi connectivity index (χ1n) is 12.3. The van der Waals surface area contributed by atoms with Gasteiger partial charge in [-0.1, -0.05) is 122 Å². The van der Waals surface area contributed by atoms with Gasteiger partial charge in [0.25, 0.3) is 0 Å². The van der Waals surface area contributed by atoms with Gasteiger partial charge in [-0.3, -0.25) is 9.59 Å². The Hall–Kier alpha value is -3.98. The highest BCUT2D eigenvalue weighted by atomic mass is 16.2. The quantitative estimate of drug-likeness (QED) is 0.353. The van der Waals surface area contributed by atoms with E-state index in [0.29, 0.717) is 6.54 Å². The molecule has 0 saturated carbocycles. The van der Waals surface area contributed by atoms with Crippen LogP contribution in [-0.4, -0.2) is 23.1 Å². The van der Waals surface area contributed by atoms with Crippen LogP contribution in [0, 0.1) is 0 Å². The van der Waals surface area contributed by atoms with Crippen LogP contribution in [-0.2, 0) is 20.5 Å². The van der Waals surface area contributed by atoms with Crippen molar-refractivity contribution in [1.82, 2.24) is 4.90 Å². The summed E-state index contributed by atoms with van der Waals surface area (Å²) >= 11 is 0. The molecule has 1 amide bonds. The molecule has 6 rings (SSSR count). The van der Waals surface area contributed by atoms with E-state index >= 15 is 0 Å². The van der Waals surface area contributed by atoms with Gasteiger partial charge in [0.1, 0.15) is 5.41 Å². The van der Waals surface area contributed by atoms with Gasteiger partial charge in [-0.2, -0.15) is 0 Å². The van der Waals surface area contributed by atoms with Crippen molar-refractivity contribution in [3.05, 3.63) is 143 Å². The Bertz CT molecular complexity index is 1360. The van der Waals surface area contributed by atoms with E-state index in [4.69, 9.17) is 0 Å². The van der Waals surface area contributed by atoms with Crippen molar-refractivity contribution < 1.29 is 9.59 Å². The normalized spacial score (nSPS) is 22.2. The van der Waals surface area contributed by atoms with E-state index in [1.807, 2.05) is 108 Å². The molecule has 1 aliphatic carbocycles. The van der Waals surface area contributed by atoms with Crippen LogP contribution in [0.3, 0.4) is 0 Å². The largest absolute Gasteiger partial charge is 0.323 e. The molecule has 0 aromatic heterocycles. The van der Waals surface area contributed by atoms with E-state index in [1.54, 1.807) is 0 Å². The highest BCUT2D eigenvalue weighted by Gasteiger charge is 2.79. The Morgan fingerprint density at radius 3 is 1.77 bits per heavy atom. The first-order chi connectivity index (χ1) is 17.2. The summed E-state index contributed by atoms with van der Waals surface area (Å²) in [5.74, 6) is -0.356. The number of ketones is 1. The van der Waals surface area contributed by atoms with Gasteiger partial charge in [-0.05, 0) is 34.2 Å². The zero-order chi connectivity index (χ0) is 24.0. The average molecular weight is 458 g/mol. The molecule has 0 unspecified atom stereocenters. The van der Waals surface area contributed by atoms with E-state index in [-0.39, 0.29) is 11.7 Å². The maximum Gasteiger partial charge on any atom is 0.242 e. The molecule has 0 bridgehead atoms. The first-order valence-corrected chi connectivity index (χ1v) is 12.3. The Balaban J connectivity index is 1.73. The topological polar surface area (TPSA) is 37.4 Å². The lowest BCUT2D eigenvalue weighted by atomic mass is 9.50. The zero-order valence-electron chi connectivity index (χ0n) is 19.7. The van der Waals surface area contributed by atoms with Crippen LogP contribution in [0.5, 0.6) is 0 Å². The summed E-state index contributed by atoms with van der Waals surface area (Å²) in [5.41, 5.74) is 2.39. The van der Waals surface area contributed by atoms with E-state index in [9.17, 15) is 9.59 Å². The Morgan fingerprint density at radius 1 is 0.686 bits per heavy atom. The third-order valence-corrected chi connectivity index (χ3v) is 7.79. The van der Waals surface area contributed by atoms with Crippen LogP contribution in [0.25, 0.3) is 0 Å². The van der Waals surface area contributed by atoms with Gasteiger partial charge in [0.15, 0.2) is 11.3 Å². The number of hydrogen-bond acceptors (Lipinski definition) is 2. The number of likely N-dealkylation sites (tertiary alicyclic amines) is 1. The van der Waals surface area contributed by atoms with Gasteiger partial charge in [0, 0.05) is 6.54 Å². The zero-order valence-corrected chi connectivity index (χ0v) is 19.7. The van der Waals surface area contributed by atoms with Crippen molar-refractivity contribution in [2.75, 3.05) is 6.54 Å². The summed E-state index contributed by atoms with van der Waals surface area (Å²) in [5, 5.41) is 0. The molecule has 2 aliphatic rings. The summed E-state index contributed by atoms with van der Waals surface area (Å²) in [6.45, 7) is 2.59. The number of fused-ring (bicyclic) bond motifs is 2. The first kappa shape index (κ1) is 21.5. The van der Waals surface area contributed by atoms with Gasteiger partial charge < -0.3 is 4.90 Å². The maximum absolute atomic E-state index is 15.0. The van der Waals surface area contributed by atoms with Gasteiger partial charge in [-0.15, -0.1) is 0 Å². The minimum absolute atomic E-state index is 0.00591. The predicted molar refractivity (Wildman–Crippen MR) is 137 cm³/mol. The van der Waals surface area contributed by atoms with Crippen molar-refractivity contribution in [2.24, 2.45) is 0 Å². The second-order valence-corrected chi connectivity index (χ2v) is 9.44. The maximum atomic E-state index is 15.0. The van der Waals surface area contributed by atoms with Crippen LogP contribution in [0.4, 0.5) is 0 Å². The van der Waals surface area contributed by atoms with E-state index in [1.165, 1.54) is 0 Å². The van der Waals surface area contributed by atoms with Gasteiger partial charge in [0.05, 0.1) is 5.92 Å². The van der Waals surface area contributed by atoms with Gasteiger partial charge >= 0.3 is 0 Å². The summed E-state index contributed by atoms with van der Waals surface area (Å²) in [4.78, 5) is 31.2. The molecule has 1 fully saturated rings. The number of nitrogens with zero attached hydrogens (tertiary/aromatic N) is 1. The molecular weight excluding hydrogens is 430 g/mol. The molecule has 3 nitrogen and oxygen atoms in total. The van der Waals surface area contributed by atoms with Crippen molar-refractivity contribution >= 4 is 11.7 Å². The third-order valence-electron chi connectivity index (χ3n) is 7.79. The Morgan fingerprint density at radius 2 is 1.20 bits per heavy atom. The fourth-order valence-electron chi connectivity index (χ4n) is 6.56. The van der Waals surface area contributed by atoms with Crippen LogP contribution in [0.15, 0.2) is 115 Å². The summed E-state index contributed by atoms with van der Waals surface area (Å²) in [6.07, 6.45) is 0.776. The Kier molecular flexibility index (Phi) is 4.96. The Labute approximate surface area is 206 Å². The number of hydrogen-bond donors (Lipinski definition) is 0. The minimum Gasteiger partial charge on any atom is -0.323 e. The molecular formula is C32H27NO2. The average Bonchev–Trinajstić information content (AvgIpc) is 3.19. The minimum atomic E-state index is -1.12. The molecule has 4 aromatic carbocycles. The molecule has 0 N–H and O–H groups in total. The molecule has 1 aliphatic heterocycles. The number of amides is 1. The highest BCUT2D eigenvalue weighted by molar-refractivity contribution is 6.18. The summed E-state index contributed by atoms with van der Waals surface area (Å²) in [7, 11) is 0. The molecule has 2 atom stereocenters. The number of benzene rings is 4. The SMILES string of the molecule is CCCN1C(=O)C(c2ccccc2)(c2ccccc2)[C@@]12C(=O)[C@@H](c1ccccc1)c1ccccc12. The highest BCUT2D eigenvalue weighted by Crippen LogP contribution is 2.66. The van der Waals surface area contributed by atoms with Crippen LogP contribution in [0.2, 0.25) is 0 Å². The number of carbonyl (C=O) groups is 2. The van der Waals surface area contributed by atoms with Gasteiger partial charge in [0.2, 0.25) is 5.91 Å². The fourth-order valence-corrected chi connectivity index (χ4v) is 6.56. The van der Waals surface area contributed by atoms with E-state index < -0.39 is 16.9 Å². The van der Waals surface area contributed by atoms with Crippen molar-refractivity contribution in [3.8, 4) is 0 Å². The molecule has 1 saturated heterocycles. The number of rotatable bonds is 5. The second kappa shape index (κ2) is 8.06. The monoisotopic (exact) mass is 457 g/mol. The number of carbonyl (C=O) groups excluding carboxylic acids is 2. The standard InChI is InChI=1S/C32H27NO2/c1-2-22-33-30(35)31(24-16-8-4-9-17-24,25-18-10-5-11-19-25)32(33)27-21-13-12-20-26(27)28(29(32)34)23-14-6-3-7-15-23/h3-21,28H,2,22H2,1H3/t28-,32+/m0/s1. The lowest BCUT2D eigenvalue weighted by molar-refractivity contribution is -0.180. The van der Waals surface area contributed by atoms with Crippen molar-refractivity contribution in [2.45, 2.75) is 30.2 Å². The molecule has 172 valence electrons.